The standard InChI is InChI=1S/C14H25N5O2/c1-10(2)12-11(15)13(18-17-12)14(20)16-4-3-5-19-6-8-21-9-7-19/h10H,3-9,15H2,1-2H3,(H,16,20)(H,17,18). The smallest absolute Gasteiger partial charge is 0.273 e. The van der Waals surface area contributed by atoms with Crippen molar-refractivity contribution >= 4 is 11.6 Å². The Labute approximate surface area is 125 Å². The lowest BCUT2D eigenvalue weighted by molar-refractivity contribution is 0.0374. The summed E-state index contributed by atoms with van der Waals surface area (Å²) in [6.45, 7) is 9.15. The Balaban J connectivity index is 1.74. The van der Waals surface area contributed by atoms with Crippen LogP contribution in [0, 0.1) is 0 Å². The van der Waals surface area contributed by atoms with Crippen molar-refractivity contribution in [3.8, 4) is 0 Å². The number of amides is 1. The predicted molar refractivity (Wildman–Crippen MR) is 81.3 cm³/mol. The molecular formula is C14H25N5O2. The van der Waals surface area contributed by atoms with Crippen LogP contribution in [-0.2, 0) is 4.74 Å². The number of rotatable bonds is 6. The zero-order valence-corrected chi connectivity index (χ0v) is 12.8. The van der Waals surface area contributed by atoms with Crippen molar-refractivity contribution in [2.24, 2.45) is 0 Å². The van der Waals surface area contributed by atoms with E-state index in [0.29, 0.717) is 17.9 Å². The van der Waals surface area contributed by atoms with Crippen LogP contribution in [0.25, 0.3) is 0 Å². The van der Waals surface area contributed by atoms with E-state index in [1.54, 1.807) is 0 Å². The summed E-state index contributed by atoms with van der Waals surface area (Å²) in [4.78, 5) is 14.4. The number of carbonyl (C=O) groups excluding carboxylic acids is 1. The minimum atomic E-state index is -0.211. The van der Waals surface area contributed by atoms with E-state index in [-0.39, 0.29) is 11.8 Å². The van der Waals surface area contributed by atoms with Crippen LogP contribution in [0.5, 0.6) is 0 Å². The summed E-state index contributed by atoms with van der Waals surface area (Å²) in [5, 5.41) is 9.73. The highest BCUT2D eigenvalue weighted by Crippen LogP contribution is 2.21. The molecule has 0 bridgehead atoms. The van der Waals surface area contributed by atoms with Gasteiger partial charge in [0.1, 0.15) is 0 Å². The van der Waals surface area contributed by atoms with Crippen molar-refractivity contribution in [3.63, 3.8) is 0 Å². The summed E-state index contributed by atoms with van der Waals surface area (Å²) in [6, 6.07) is 0. The highest BCUT2D eigenvalue weighted by atomic mass is 16.5. The molecule has 21 heavy (non-hydrogen) atoms. The van der Waals surface area contributed by atoms with E-state index in [1.165, 1.54) is 0 Å². The van der Waals surface area contributed by atoms with Gasteiger partial charge in [0.15, 0.2) is 5.69 Å². The average Bonchev–Trinajstić information content (AvgIpc) is 2.86. The molecule has 1 aliphatic rings. The number of H-pyrrole nitrogens is 1. The number of aromatic amines is 1. The van der Waals surface area contributed by atoms with Crippen LogP contribution in [0.3, 0.4) is 0 Å². The van der Waals surface area contributed by atoms with Gasteiger partial charge in [-0.3, -0.25) is 14.8 Å². The minimum Gasteiger partial charge on any atom is -0.395 e. The molecule has 1 amide bonds. The summed E-state index contributed by atoms with van der Waals surface area (Å²) in [5.41, 5.74) is 7.51. The molecule has 1 aromatic heterocycles. The number of nitrogen functional groups attached to an aromatic ring is 1. The normalized spacial score (nSPS) is 16.3. The van der Waals surface area contributed by atoms with E-state index in [4.69, 9.17) is 10.5 Å². The Hall–Kier alpha value is -1.60. The Morgan fingerprint density at radius 1 is 1.48 bits per heavy atom. The highest BCUT2D eigenvalue weighted by Gasteiger charge is 2.18. The number of morpholine rings is 1. The fourth-order valence-corrected chi connectivity index (χ4v) is 2.39. The maximum absolute atomic E-state index is 12.0. The number of carbonyl (C=O) groups is 1. The number of ether oxygens (including phenoxy) is 1. The molecule has 0 atom stereocenters. The largest absolute Gasteiger partial charge is 0.395 e. The number of hydrogen-bond donors (Lipinski definition) is 3. The van der Waals surface area contributed by atoms with E-state index in [0.717, 1.165) is 45.0 Å². The molecule has 7 nitrogen and oxygen atoms in total. The van der Waals surface area contributed by atoms with Gasteiger partial charge in [-0.05, 0) is 18.9 Å². The van der Waals surface area contributed by atoms with Gasteiger partial charge in [-0.15, -0.1) is 0 Å². The molecule has 7 heteroatoms. The van der Waals surface area contributed by atoms with Crippen LogP contribution >= 0.6 is 0 Å². The Morgan fingerprint density at radius 3 is 2.81 bits per heavy atom. The van der Waals surface area contributed by atoms with Gasteiger partial charge in [0, 0.05) is 19.6 Å². The molecule has 1 aliphatic heterocycles. The third-order valence-electron chi connectivity index (χ3n) is 3.67. The molecule has 0 radical (unpaired) electrons. The van der Waals surface area contributed by atoms with Crippen molar-refractivity contribution in [2.75, 3.05) is 45.1 Å². The number of anilines is 1. The SMILES string of the molecule is CC(C)c1[nH]nc(C(=O)NCCCN2CCOCC2)c1N. The van der Waals surface area contributed by atoms with Crippen molar-refractivity contribution in [1.82, 2.24) is 20.4 Å². The topological polar surface area (TPSA) is 96.3 Å². The molecule has 1 saturated heterocycles. The summed E-state index contributed by atoms with van der Waals surface area (Å²) >= 11 is 0. The summed E-state index contributed by atoms with van der Waals surface area (Å²) < 4.78 is 5.30. The van der Waals surface area contributed by atoms with E-state index in [2.05, 4.69) is 20.4 Å². The summed E-state index contributed by atoms with van der Waals surface area (Å²) in [5.74, 6) is 0.0120. The first-order valence-electron chi connectivity index (χ1n) is 7.51. The van der Waals surface area contributed by atoms with Crippen molar-refractivity contribution < 1.29 is 9.53 Å². The maximum atomic E-state index is 12.0. The third kappa shape index (κ3) is 4.18. The van der Waals surface area contributed by atoms with Gasteiger partial charge in [0.2, 0.25) is 0 Å². The van der Waals surface area contributed by atoms with E-state index in [9.17, 15) is 4.79 Å². The first kappa shape index (κ1) is 15.8. The van der Waals surface area contributed by atoms with Crippen LogP contribution in [0.4, 0.5) is 5.69 Å². The van der Waals surface area contributed by atoms with Gasteiger partial charge < -0.3 is 15.8 Å². The molecule has 0 aromatic carbocycles. The van der Waals surface area contributed by atoms with E-state index >= 15 is 0 Å². The molecular weight excluding hydrogens is 270 g/mol. The lowest BCUT2D eigenvalue weighted by atomic mass is 10.1. The zero-order valence-electron chi connectivity index (χ0n) is 12.8. The number of nitrogens with two attached hydrogens (primary N) is 1. The van der Waals surface area contributed by atoms with Crippen molar-refractivity contribution in [2.45, 2.75) is 26.2 Å². The fourth-order valence-electron chi connectivity index (χ4n) is 2.39. The van der Waals surface area contributed by atoms with E-state index in [1.807, 2.05) is 13.8 Å². The molecule has 1 aromatic rings. The van der Waals surface area contributed by atoms with Crippen LogP contribution in [0.1, 0.15) is 42.4 Å². The van der Waals surface area contributed by atoms with Gasteiger partial charge >= 0.3 is 0 Å². The minimum absolute atomic E-state index is 0.211. The zero-order chi connectivity index (χ0) is 15.2. The lowest BCUT2D eigenvalue weighted by Gasteiger charge is -2.26. The maximum Gasteiger partial charge on any atom is 0.273 e. The number of nitrogens with zero attached hydrogens (tertiary/aromatic N) is 2. The number of aromatic nitrogens is 2. The first-order chi connectivity index (χ1) is 10.1. The first-order valence-corrected chi connectivity index (χ1v) is 7.51. The Kier molecular flexibility index (Phi) is 5.58. The number of nitrogens with one attached hydrogen (secondary N) is 2. The van der Waals surface area contributed by atoms with Crippen LogP contribution in [0.2, 0.25) is 0 Å². The second kappa shape index (κ2) is 7.42. The Bertz CT molecular complexity index is 466. The van der Waals surface area contributed by atoms with E-state index < -0.39 is 0 Å². The molecule has 0 saturated carbocycles. The molecule has 0 spiro atoms. The predicted octanol–water partition coefficient (Wildman–Crippen LogP) is 0.567. The number of hydrogen-bond acceptors (Lipinski definition) is 5. The monoisotopic (exact) mass is 295 g/mol. The fraction of sp³-hybridized carbons (Fsp3) is 0.714. The van der Waals surface area contributed by atoms with Gasteiger partial charge in [0.05, 0.1) is 24.6 Å². The van der Waals surface area contributed by atoms with Gasteiger partial charge in [0.25, 0.3) is 5.91 Å². The lowest BCUT2D eigenvalue weighted by Crippen LogP contribution is -2.38. The highest BCUT2D eigenvalue weighted by molar-refractivity contribution is 5.97. The molecule has 4 N–H and O–H groups in total. The van der Waals surface area contributed by atoms with Gasteiger partial charge in [-0.1, -0.05) is 13.8 Å². The Morgan fingerprint density at radius 2 is 2.19 bits per heavy atom. The molecule has 0 aliphatic carbocycles. The molecule has 1 fully saturated rings. The third-order valence-corrected chi connectivity index (χ3v) is 3.67. The van der Waals surface area contributed by atoms with Gasteiger partial charge in [-0.2, -0.15) is 5.10 Å². The average molecular weight is 295 g/mol. The molecule has 2 heterocycles. The summed E-state index contributed by atoms with van der Waals surface area (Å²) in [7, 11) is 0. The molecule has 2 rings (SSSR count). The summed E-state index contributed by atoms with van der Waals surface area (Å²) in [6.07, 6.45) is 0.910. The van der Waals surface area contributed by atoms with Crippen LogP contribution < -0.4 is 11.1 Å². The quantitative estimate of drug-likeness (QED) is 0.667. The second-order valence-corrected chi connectivity index (χ2v) is 5.62. The van der Waals surface area contributed by atoms with Crippen LogP contribution in [-0.4, -0.2) is 60.4 Å². The molecule has 0 unspecified atom stereocenters. The molecule has 118 valence electrons. The van der Waals surface area contributed by atoms with Crippen molar-refractivity contribution in [3.05, 3.63) is 11.4 Å². The van der Waals surface area contributed by atoms with Gasteiger partial charge in [-0.25, -0.2) is 0 Å². The van der Waals surface area contributed by atoms with Crippen molar-refractivity contribution in [1.29, 1.82) is 0 Å². The second-order valence-electron chi connectivity index (χ2n) is 5.62. The van der Waals surface area contributed by atoms with Crippen LogP contribution in [0.15, 0.2) is 0 Å².